The molecule has 1 unspecified atom stereocenters. The predicted molar refractivity (Wildman–Crippen MR) is 80.2 cm³/mol. The summed E-state index contributed by atoms with van der Waals surface area (Å²) in [4.78, 5) is 10.5. The normalized spacial score (nSPS) is 12.5. The van der Waals surface area contributed by atoms with E-state index in [1.807, 2.05) is 6.92 Å². The molecule has 0 aliphatic carbocycles. The minimum atomic E-state index is -0.360. The third kappa shape index (κ3) is 4.20. The number of nitrogens with zero attached hydrogens (tertiary/aromatic N) is 1. The summed E-state index contributed by atoms with van der Waals surface area (Å²) in [6.45, 7) is 8.49. The second-order valence-corrected chi connectivity index (χ2v) is 5.78. The van der Waals surface area contributed by atoms with Crippen LogP contribution in [-0.2, 0) is 0 Å². The van der Waals surface area contributed by atoms with Crippen LogP contribution in [0.25, 0.3) is 0 Å². The van der Waals surface area contributed by atoms with Crippen LogP contribution in [0.1, 0.15) is 25.0 Å². The van der Waals surface area contributed by atoms with Crippen molar-refractivity contribution in [2.75, 3.05) is 11.9 Å². The standard InChI is InChI=1S/C14H20BrNO3/c1-9(2)12(7-15)8-19-14-6-10(3)13(16(17)18)5-11(14)4/h5-6,9,12H,7-8H2,1-4H3. The lowest BCUT2D eigenvalue weighted by Crippen LogP contribution is -2.19. The molecule has 0 saturated carbocycles. The summed E-state index contributed by atoms with van der Waals surface area (Å²) >= 11 is 3.48. The molecule has 1 rings (SSSR count). The van der Waals surface area contributed by atoms with E-state index in [2.05, 4.69) is 29.8 Å². The zero-order chi connectivity index (χ0) is 14.6. The Balaban J connectivity index is 2.85. The van der Waals surface area contributed by atoms with Crippen molar-refractivity contribution in [2.24, 2.45) is 11.8 Å². The predicted octanol–water partition coefficient (Wildman–Crippen LogP) is 4.26. The molecule has 5 heteroatoms. The first-order chi connectivity index (χ1) is 8.86. The van der Waals surface area contributed by atoms with Crippen LogP contribution in [0.15, 0.2) is 12.1 Å². The van der Waals surface area contributed by atoms with E-state index in [1.165, 1.54) is 0 Å². The van der Waals surface area contributed by atoms with Crippen LogP contribution in [0.4, 0.5) is 5.69 Å². The second kappa shape index (κ2) is 6.89. The van der Waals surface area contributed by atoms with Crippen LogP contribution < -0.4 is 4.74 Å². The summed E-state index contributed by atoms with van der Waals surface area (Å²) in [5.74, 6) is 1.68. The average Bonchev–Trinajstić information content (AvgIpc) is 2.32. The molecule has 1 aromatic carbocycles. The van der Waals surface area contributed by atoms with Gasteiger partial charge >= 0.3 is 0 Å². The number of benzene rings is 1. The second-order valence-electron chi connectivity index (χ2n) is 5.13. The van der Waals surface area contributed by atoms with Gasteiger partial charge in [-0.3, -0.25) is 10.1 Å². The lowest BCUT2D eigenvalue weighted by molar-refractivity contribution is -0.385. The van der Waals surface area contributed by atoms with E-state index in [0.29, 0.717) is 24.0 Å². The van der Waals surface area contributed by atoms with Gasteiger partial charge < -0.3 is 4.74 Å². The van der Waals surface area contributed by atoms with Crippen molar-refractivity contribution in [3.8, 4) is 5.75 Å². The summed E-state index contributed by atoms with van der Waals surface area (Å²) in [6, 6.07) is 3.32. The molecule has 0 bridgehead atoms. The monoisotopic (exact) mass is 329 g/mol. The Morgan fingerprint density at radius 2 is 1.95 bits per heavy atom. The van der Waals surface area contributed by atoms with E-state index in [0.717, 1.165) is 16.6 Å². The van der Waals surface area contributed by atoms with Crippen LogP contribution in [-0.4, -0.2) is 16.9 Å². The Labute approximate surface area is 122 Å². The average molecular weight is 330 g/mol. The minimum Gasteiger partial charge on any atom is -0.493 e. The first-order valence-electron chi connectivity index (χ1n) is 6.31. The number of ether oxygens (including phenoxy) is 1. The topological polar surface area (TPSA) is 52.4 Å². The van der Waals surface area contributed by atoms with Gasteiger partial charge in [0.2, 0.25) is 0 Å². The zero-order valence-electron chi connectivity index (χ0n) is 11.8. The van der Waals surface area contributed by atoms with Gasteiger partial charge in [-0.1, -0.05) is 29.8 Å². The Morgan fingerprint density at radius 3 is 2.42 bits per heavy atom. The van der Waals surface area contributed by atoms with E-state index in [-0.39, 0.29) is 10.6 Å². The molecule has 0 aliphatic heterocycles. The molecule has 0 spiro atoms. The Bertz CT molecular complexity index is 460. The van der Waals surface area contributed by atoms with Crippen LogP contribution in [0.2, 0.25) is 0 Å². The van der Waals surface area contributed by atoms with Crippen molar-refractivity contribution < 1.29 is 9.66 Å². The fraction of sp³-hybridized carbons (Fsp3) is 0.571. The molecular formula is C14H20BrNO3. The molecule has 0 N–H and O–H groups in total. The summed E-state index contributed by atoms with van der Waals surface area (Å²) in [7, 11) is 0. The van der Waals surface area contributed by atoms with E-state index in [4.69, 9.17) is 4.74 Å². The van der Waals surface area contributed by atoms with E-state index in [1.54, 1.807) is 19.1 Å². The van der Waals surface area contributed by atoms with Gasteiger partial charge in [-0.05, 0) is 31.4 Å². The van der Waals surface area contributed by atoms with Gasteiger partial charge in [0.25, 0.3) is 5.69 Å². The highest BCUT2D eigenvalue weighted by molar-refractivity contribution is 9.09. The maximum absolute atomic E-state index is 10.8. The fourth-order valence-electron chi connectivity index (χ4n) is 1.74. The number of rotatable bonds is 6. The Morgan fingerprint density at radius 1 is 1.32 bits per heavy atom. The molecule has 0 heterocycles. The molecule has 106 valence electrons. The smallest absolute Gasteiger partial charge is 0.272 e. The molecule has 0 aromatic heterocycles. The van der Waals surface area contributed by atoms with Crippen molar-refractivity contribution in [3.05, 3.63) is 33.4 Å². The third-order valence-corrected chi connectivity index (χ3v) is 4.12. The van der Waals surface area contributed by atoms with Crippen LogP contribution >= 0.6 is 15.9 Å². The molecule has 0 fully saturated rings. The highest BCUT2D eigenvalue weighted by Gasteiger charge is 2.16. The maximum atomic E-state index is 10.8. The van der Waals surface area contributed by atoms with Crippen molar-refractivity contribution in [1.82, 2.24) is 0 Å². The lowest BCUT2D eigenvalue weighted by Gasteiger charge is -2.19. The molecular weight excluding hydrogens is 310 g/mol. The van der Waals surface area contributed by atoms with Crippen LogP contribution in [0, 0.1) is 35.8 Å². The zero-order valence-corrected chi connectivity index (χ0v) is 13.4. The van der Waals surface area contributed by atoms with E-state index >= 15 is 0 Å². The molecule has 1 atom stereocenters. The quantitative estimate of drug-likeness (QED) is 0.445. The van der Waals surface area contributed by atoms with Gasteiger partial charge in [0, 0.05) is 22.9 Å². The molecule has 19 heavy (non-hydrogen) atoms. The largest absolute Gasteiger partial charge is 0.493 e. The molecule has 1 aromatic rings. The van der Waals surface area contributed by atoms with Gasteiger partial charge in [0.1, 0.15) is 5.75 Å². The van der Waals surface area contributed by atoms with Crippen LogP contribution in [0.3, 0.4) is 0 Å². The number of hydrogen-bond acceptors (Lipinski definition) is 3. The van der Waals surface area contributed by atoms with Gasteiger partial charge in [-0.25, -0.2) is 0 Å². The molecule has 0 radical (unpaired) electrons. The SMILES string of the molecule is Cc1cc([N+](=O)[O-])c(C)cc1OCC(CBr)C(C)C. The summed E-state index contributed by atoms with van der Waals surface area (Å²) in [5.41, 5.74) is 1.57. The van der Waals surface area contributed by atoms with Crippen molar-refractivity contribution in [1.29, 1.82) is 0 Å². The summed E-state index contributed by atoms with van der Waals surface area (Å²) in [6.07, 6.45) is 0. The van der Waals surface area contributed by atoms with Gasteiger partial charge in [-0.2, -0.15) is 0 Å². The van der Waals surface area contributed by atoms with Crippen LogP contribution in [0.5, 0.6) is 5.75 Å². The van der Waals surface area contributed by atoms with Gasteiger partial charge in [0.15, 0.2) is 0 Å². The van der Waals surface area contributed by atoms with Gasteiger partial charge in [-0.15, -0.1) is 0 Å². The first kappa shape index (κ1) is 16.0. The number of nitro groups is 1. The molecule has 0 saturated heterocycles. The Kier molecular flexibility index (Phi) is 5.79. The fourth-order valence-corrected chi connectivity index (χ4v) is 2.67. The van der Waals surface area contributed by atoms with Crippen molar-refractivity contribution >= 4 is 21.6 Å². The summed E-state index contributed by atoms with van der Waals surface area (Å²) < 4.78 is 5.81. The first-order valence-corrected chi connectivity index (χ1v) is 7.43. The molecule has 4 nitrogen and oxygen atoms in total. The number of nitro benzene ring substituents is 1. The maximum Gasteiger partial charge on any atom is 0.272 e. The van der Waals surface area contributed by atoms with Gasteiger partial charge in [0.05, 0.1) is 11.5 Å². The number of aryl methyl sites for hydroxylation is 2. The van der Waals surface area contributed by atoms with E-state index < -0.39 is 0 Å². The minimum absolute atomic E-state index is 0.144. The Hall–Kier alpha value is -1.10. The highest BCUT2D eigenvalue weighted by atomic mass is 79.9. The lowest BCUT2D eigenvalue weighted by atomic mass is 9.99. The third-order valence-electron chi connectivity index (χ3n) is 3.28. The highest BCUT2D eigenvalue weighted by Crippen LogP contribution is 2.28. The van der Waals surface area contributed by atoms with E-state index in [9.17, 15) is 10.1 Å². The molecule has 0 aliphatic rings. The number of alkyl halides is 1. The number of halogens is 1. The van der Waals surface area contributed by atoms with Crippen molar-refractivity contribution in [2.45, 2.75) is 27.7 Å². The summed E-state index contributed by atoms with van der Waals surface area (Å²) in [5, 5.41) is 11.7. The van der Waals surface area contributed by atoms with Crippen molar-refractivity contribution in [3.63, 3.8) is 0 Å². The molecule has 0 amide bonds. The number of hydrogen-bond donors (Lipinski definition) is 0.